The molecule has 130 valence electrons. The van der Waals surface area contributed by atoms with Gasteiger partial charge in [0.15, 0.2) is 5.82 Å². The van der Waals surface area contributed by atoms with Crippen molar-refractivity contribution in [2.45, 2.75) is 24.7 Å². The topological polar surface area (TPSA) is 60.9 Å². The van der Waals surface area contributed by atoms with Gasteiger partial charge in [-0.2, -0.15) is 8.78 Å². The number of aromatic nitrogens is 2. The Morgan fingerprint density at radius 1 is 1.16 bits per heavy atom. The molecule has 1 atom stereocenters. The van der Waals surface area contributed by atoms with Crippen molar-refractivity contribution in [2.24, 2.45) is 12.8 Å². The molecule has 0 saturated carbocycles. The molecule has 0 bridgehead atoms. The number of benzene rings is 2. The number of nitrogens with two attached hydrogens (primary N) is 1. The van der Waals surface area contributed by atoms with Crippen LogP contribution in [0.5, 0.6) is 0 Å². The standard InChI is InChI=1S/C19H19F2N3O/c1-24-16-10-6-5-9-15(16)23-18(24)19(20,21)12-14(11-17(22)25)13-7-3-2-4-8-13/h2-10,14H,11-12H2,1H3,(H2,22,25). The van der Waals surface area contributed by atoms with Crippen LogP contribution in [0.3, 0.4) is 0 Å². The molecule has 1 amide bonds. The lowest BCUT2D eigenvalue weighted by molar-refractivity contribution is -0.119. The number of hydrogen-bond donors (Lipinski definition) is 1. The molecule has 2 N–H and O–H groups in total. The molecule has 0 aliphatic carbocycles. The number of amides is 1. The molecule has 0 radical (unpaired) electrons. The van der Waals surface area contributed by atoms with Gasteiger partial charge in [-0.3, -0.25) is 4.79 Å². The monoisotopic (exact) mass is 343 g/mol. The van der Waals surface area contributed by atoms with E-state index in [2.05, 4.69) is 4.98 Å². The lowest BCUT2D eigenvalue weighted by atomic mass is 9.89. The molecule has 0 saturated heterocycles. The first kappa shape index (κ1) is 17.1. The van der Waals surface area contributed by atoms with E-state index < -0.39 is 24.2 Å². The second-order valence-electron chi connectivity index (χ2n) is 6.17. The van der Waals surface area contributed by atoms with Crippen LogP contribution in [-0.4, -0.2) is 15.5 Å². The van der Waals surface area contributed by atoms with Crippen LogP contribution in [0.25, 0.3) is 11.0 Å². The number of alkyl halides is 2. The molecule has 1 unspecified atom stereocenters. The van der Waals surface area contributed by atoms with Crippen LogP contribution in [0, 0.1) is 0 Å². The third-order valence-corrected chi connectivity index (χ3v) is 4.34. The van der Waals surface area contributed by atoms with Crippen molar-refractivity contribution in [1.29, 1.82) is 0 Å². The maximum Gasteiger partial charge on any atom is 0.305 e. The maximum absolute atomic E-state index is 15.0. The number of aryl methyl sites for hydroxylation is 1. The zero-order valence-corrected chi connectivity index (χ0v) is 13.8. The zero-order valence-electron chi connectivity index (χ0n) is 13.8. The Bertz CT molecular complexity index is 890. The number of nitrogens with zero attached hydrogens (tertiary/aromatic N) is 2. The van der Waals surface area contributed by atoms with Crippen LogP contribution >= 0.6 is 0 Å². The number of carbonyl (C=O) groups excluding carboxylic acids is 1. The second-order valence-corrected chi connectivity index (χ2v) is 6.17. The summed E-state index contributed by atoms with van der Waals surface area (Å²) in [6.07, 6.45) is -0.666. The van der Waals surface area contributed by atoms with Gasteiger partial charge in [-0.1, -0.05) is 42.5 Å². The quantitative estimate of drug-likeness (QED) is 0.741. The molecular formula is C19H19F2N3O. The van der Waals surface area contributed by atoms with Gasteiger partial charge in [0, 0.05) is 19.9 Å². The molecule has 6 heteroatoms. The van der Waals surface area contributed by atoms with Gasteiger partial charge < -0.3 is 10.3 Å². The highest BCUT2D eigenvalue weighted by Gasteiger charge is 2.40. The van der Waals surface area contributed by atoms with Crippen LogP contribution < -0.4 is 5.73 Å². The molecule has 3 rings (SSSR count). The van der Waals surface area contributed by atoms with Crippen LogP contribution in [-0.2, 0) is 17.8 Å². The van der Waals surface area contributed by atoms with Crippen molar-refractivity contribution in [3.8, 4) is 0 Å². The zero-order chi connectivity index (χ0) is 18.0. The average Bonchev–Trinajstić information content (AvgIpc) is 2.93. The summed E-state index contributed by atoms with van der Waals surface area (Å²) in [5, 5.41) is 0. The predicted molar refractivity (Wildman–Crippen MR) is 92.2 cm³/mol. The minimum absolute atomic E-state index is 0.135. The summed E-state index contributed by atoms with van der Waals surface area (Å²) < 4.78 is 31.4. The summed E-state index contributed by atoms with van der Waals surface area (Å²) in [5.74, 6) is -4.77. The van der Waals surface area contributed by atoms with Crippen LogP contribution in [0.15, 0.2) is 54.6 Å². The minimum Gasteiger partial charge on any atom is -0.370 e. The normalized spacial score (nSPS) is 13.1. The molecule has 2 aromatic carbocycles. The molecular weight excluding hydrogens is 324 g/mol. The van der Waals surface area contributed by atoms with Gasteiger partial charge in [0.2, 0.25) is 5.91 Å². The summed E-state index contributed by atoms with van der Waals surface area (Å²) in [7, 11) is 1.57. The van der Waals surface area contributed by atoms with E-state index in [1.54, 1.807) is 61.6 Å². The fourth-order valence-electron chi connectivity index (χ4n) is 3.15. The van der Waals surface area contributed by atoms with E-state index in [1.165, 1.54) is 4.57 Å². The Morgan fingerprint density at radius 3 is 2.44 bits per heavy atom. The summed E-state index contributed by atoms with van der Waals surface area (Å²) in [6, 6.07) is 15.8. The highest BCUT2D eigenvalue weighted by atomic mass is 19.3. The van der Waals surface area contributed by atoms with Gasteiger partial charge in [0.25, 0.3) is 0 Å². The molecule has 1 heterocycles. The molecule has 25 heavy (non-hydrogen) atoms. The number of carbonyl (C=O) groups is 1. The van der Waals surface area contributed by atoms with E-state index in [-0.39, 0.29) is 12.2 Å². The SMILES string of the molecule is Cn1c(C(F)(F)CC(CC(N)=O)c2ccccc2)nc2ccccc21. The van der Waals surface area contributed by atoms with E-state index in [0.29, 0.717) is 16.6 Å². The number of halogens is 2. The highest BCUT2D eigenvalue weighted by Crippen LogP contribution is 2.39. The van der Waals surface area contributed by atoms with Crippen LogP contribution in [0.1, 0.15) is 30.1 Å². The predicted octanol–water partition coefficient (Wildman–Crippen LogP) is 3.71. The van der Waals surface area contributed by atoms with Crippen molar-refractivity contribution < 1.29 is 13.6 Å². The lowest BCUT2D eigenvalue weighted by Crippen LogP contribution is -2.25. The van der Waals surface area contributed by atoms with Gasteiger partial charge in [0.05, 0.1) is 11.0 Å². The third kappa shape index (κ3) is 3.52. The molecule has 0 aliphatic heterocycles. The van der Waals surface area contributed by atoms with E-state index in [4.69, 9.17) is 5.73 Å². The first-order valence-electron chi connectivity index (χ1n) is 8.01. The Balaban J connectivity index is 1.96. The number of rotatable bonds is 6. The minimum atomic E-state index is -3.19. The van der Waals surface area contributed by atoms with Gasteiger partial charge in [-0.25, -0.2) is 4.98 Å². The second kappa shape index (κ2) is 6.63. The van der Waals surface area contributed by atoms with E-state index in [9.17, 15) is 4.79 Å². The lowest BCUT2D eigenvalue weighted by Gasteiger charge is -2.22. The molecule has 4 nitrogen and oxygen atoms in total. The fraction of sp³-hybridized carbons (Fsp3) is 0.263. The molecule has 0 aliphatic rings. The first-order chi connectivity index (χ1) is 11.9. The number of hydrogen-bond acceptors (Lipinski definition) is 2. The molecule has 1 aromatic heterocycles. The summed E-state index contributed by atoms with van der Waals surface area (Å²) >= 11 is 0. The van der Waals surface area contributed by atoms with Gasteiger partial charge in [-0.05, 0) is 23.6 Å². The van der Waals surface area contributed by atoms with Crippen molar-refractivity contribution in [1.82, 2.24) is 9.55 Å². The van der Waals surface area contributed by atoms with Gasteiger partial charge in [-0.15, -0.1) is 0 Å². The number of para-hydroxylation sites is 2. The highest BCUT2D eigenvalue weighted by molar-refractivity contribution is 5.76. The number of primary amides is 1. The van der Waals surface area contributed by atoms with E-state index in [0.717, 1.165) is 0 Å². The van der Waals surface area contributed by atoms with Crippen molar-refractivity contribution in [3.63, 3.8) is 0 Å². The Kier molecular flexibility index (Phi) is 4.53. The molecule has 3 aromatic rings. The smallest absolute Gasteiger partial charge is 0.305 e. The average molecular weight is 343 g/mol. The van der Waals surface area contributed by atoms with Crippen LogP contribution in [0.2, 0.25) is 0 Å². The Hall–Kier alpha value is -2.76. The maximum atomic E-state index is 15.0. The molecule has 0 fully saturated rings. The van der Waals surface area contributed by atoms with Crippen molar-refractivity contribution in [3.05, 3.63) is 66.0 Å². The molecule has 0 spiro atoms. The third-order valence-electron chi connectivity index (χ3n) is 4.34. The van der Waals surface area contributed by atoms with Gasteiger partial charge in [0.1, 0.15) is 0 Å². The van der Waals surface area contributed by atoms with E-state index >= 15 is 8.78 Å². The largest absolute Gasteiger partial charge is 0.370 e. The summed E-state index contributed by atoms with van der Waals surface area (Å²) in [5.41, 5.74) is 7.10. The summed E-state index contributed by atoms with van der Waals surface area (Å²) in [4.78, 5) is 15.5. The van der Waals surface area contributed by atoms with Gasteiger partial charge >= 0.3 is 5.92 Å². The fourth-order valence-corrected chi connectivity index (χ4v) is 3.15. The number of fused-ring (bicyclic) bond motifs is 1. The van der Waals surface area contributed by atoms with E-state index in [1.807, 2.05) is 0 Å². The van der Waals surface area contributed by atoms with Crippen molar-refractivity contribution >= 4 is 16.9 Å². The first-order valence-corrected chi connectivity index (χ1v) is 8.01. The van der Waals surface area contributed by atoms with Crippen LogP contribution in [0.4, 0.5) is 8.78 Å². The number of imidazole rings is 1. The van der Waals surface area contributed by atoms with Crippen molar-refractivity contribution in [2.75, 3.05) is 0 Å². The Morgan fingerprint density at radius 2 is 1.80 bits per heavy atom. The summed E-state index contributed by atoms with van der Waals surface area (Å²) in [6.45, 7) is 0. The Labute approximate surface area is 144 Å².